The molecule has 0 unspecified atom stereocenters. The smallest absolute Gasteiger partial charge is 0.281 e. The average molecular weight is 529 g/mol. The van der Waals surface area contributed by atoms with Gasteiger partial charge in [0.1, 0.15) is 0 Å². The predicted molar refractivity (Wildman–Crippen MR) is 121 cm³/mol. The van der Waals surface area contributed by atoms with Gasteiger partial charge in [0, 0.05) is 16.0 Å². The van der Waals surface area contributed by atoms with Crippen LogP contribution in [-0.4, -0.2) is 23.5 Å². The molecule has 0 heterocycles. The van der Waals surface area contributed by atoms with E-state index in [0.29, 0.717) is 0 Å². The first-order chi connectivity index (χ1) is 15.0. The van der Waals surface area contributed by atoms with Crippen LogP contribution in [-0.2, 0) is 26.9 Å². The number of benzene rings is 2. The van der Waals surface area contributed by atoms with E-state index in [1.807, 2.05) is 20.8 Å². The summed E-state index contributed by atoms with van der Waals surface area (Å²) in [5.41, 5.74) is -1.49. The Hall–Kier alpha value is -1.72. The van der Waals surface area contributed by atoms with Crippen molar-refractivity contribution in [2.45, 2.75) is 73.7 Å². The van der Waals surface area contributed by atoms with Gasteiger partial charge in [0.05, 0.1) is 0 Å². The number of hydrogen-bond acceptors (Lipinski definition) is 3. The summed E-state index contributed by atoms with van der Waals surface area (Å²) in [6, 6.07) is 8.26. The van der Waals surface area contributed by atoms with E-state index in [4.69, 9.17) is 4.55 Å². The van der Waals surface area contributed by atoms with Crippen molar-refractivity contribution >= 4 is 21.9 Å². The number of alkyl halides is 6. The minimum absolute atomic E-state index is 0.119. The fraction of sp³-hybridized carbons (Fsp3) is 0.478. The molecule has 0 atom stereocenters. The second-order valence-electron chi connectivity index (χ2n) is 9.97. The van der Waals surface area contributed by atoms with Gasteiger partial charge in [-0.15, -0.1) is 0 Å². The molecule has 1 N–H and O–H groups in total. The van der Waals surface area contributed by atoms with E-state index >= 15 is 8.78 Å². The lowest BCUT2D eigenvalue weighted by Gasteiger charge is -2.29. The van der Waals surface area contributed by atoms with Gasteiger partial charge in [-0.2, -0.15) is 34.8 Å². The zero-order valence-electron chi connectivity index (χ0n) is 19.4. The molecule has 0 saturated heterocycles. The average Bonchev–Trinajstić information content (AvgIpc) is 2.65. The summed E-state index contributed by atoms with van der Waals surface area (Å²) in [6.07, 6.45) is 0. The minimum atomic E-state index is -6.43. The van der Waals surface area contributed by atoms with Gasteiger partial charge in [0.2, 0.25) is 0 Å². The third kappa shape index (κ3) is 5.57. The number of rotatable bonds is 6. The Morgan fingerprint density at radius 3 is 1.56 bits per heavy atom. The van der Waals surface area contributed by atoms with Crippen molar-refractivity contribution < 1.29 is 39.3 Å². The van der Waals surface area contributed by atoms with Crippen LogP contribution in [0.1, 0.15) is 63.8 Å². The summed E-state index contributed by atoms with van der Waals surface area (Å²) in [6.45, 7) is 10.3. The van der Waals surface area contributed by atoms with E-state index in [9.17, 15) is 26.0 Å². The Morgan fingerprint density at radius 2 is 1.15 bits per heavy atom. The van der Waals surface area contributed by atoms with E-state index in [-0.39, 0.29) is 16.5 Å². The summed E-state index contributed by atoms with van der Waals surface area (Å²) < 4.78 is 117. The van der Waals surface area contributed by atoms with Crippen molar-refractivity contribution in [3.8, 4) is 0 Å². The van der Waals surface area contributed by atoms with Crippen molar-refractivity contribution in [2.24, 2.45) is 0 Å². The number of thioether (sulfide) groups is 1. The third-order valence-corrected chi connectivity index (χ3v) is 7.29. The molecule has 0 radical (unpaired) electrons. The molecule has 11 heteroatoms. The van der Waals surface area contributed by atoms with Crippen molar-refractivity contribution in [1.29, 1.82) is 0 Å². The highest BCUT2D eigenvalue weighted by atomic mass is 32.2. The molecule has 2 aromatic carbocycles. The minimum Gasteiger partial charge on any atom is -0.281 e. The number of halogens is 6. The van der Waals surface area contributed by atoms with E-state index < -0.39 is 54.2 Å². The molecule has 34 heavy (non-hydrogen) atoms. The first-order valence-corrected chi connectivity index (χ1v) is 12.3. The monoisotopic (exact) mass is 528 g/mol. The highest BCUT2D eigenvalue weighted by molar-refractivity contribution is 8.01. The molecule has 2 rings (SSSR count). The summed E-state index contributed by atoms with van der Waals surface area (Å²) in [5, 5.41) is -11.1. The van der Waals surface area contributed by atoms with E-state index in [2.05, 4.69) is 0 Å². The standard InChI is InChI=1S/C23H26F6O3S2/c1-19(2,3)14-7-9-15(10-8-14)21(24,25)16-11-12-18(17(13-16)20(4,5)6)33-22(26,27)23(28,29)34(30,31)32/h7-13H,1-6H3,(H,30,31,32). The lowest BCUT2D eigenvalue weighted by Crippen LogP contribution is -2.44. The molecule has 0 aliphatic rings. The largest absolute Gasteiger partial charge is 0.442 e. The zero-order chi connectivity index (χ0) is 26.5. The molecular weight excluding hydrogens is 502 g/mol. The Labute approximate surface area is 199 Å². The summed E-state index contributed by atoms with van der Waals surface area (Å²) >= 11 is -0.814. The molecule has 0 aliphatic carbocycles. The second kappa shape index (κ2) is 8.74. The van der Waals surface area contributed by atoms with Crippen LogP contribution >= 0.6 is 11.8 Å². The quantitative estimate of drug-likeness (QED) is 0.239. The van der Waals surface area contributed by atoms with E-state index in [1.165, 1.54) is 32.9 Å². The zero-order valence-corrected chi connectivity index (χ0v) is 21.0. The molecule has 0 bridgehead atoms. The lowest BCUT2D eigenvalue weighted by atomic mass is 9.84. The van der Waals surface area contributed by atoms with Gasteiger partial charge in [-0.3, -0.25) is 4.55 Å². The highest BCUT2D eigenvalue weighted by Gasteiger charge is 2.66. The van der Waals surface area contributed by atoms with E-state index in [0.717, 1.165) is 23.8 Å². The maximum Gasteiger partial charge on any atom is 0.442 e. The van der Waals surface area contributed by atoms with Gasteiger partial charge in [-0.1, -0.05) is 71.9 Å². The van der Waals surface area contributed by atoms with Crippen LogP contribution in [0.3, 0.4) is 0 Å². The summed E-state index contributed by atoms with van der Waals surface area (Å²) in [5.74, 6) is -3.53. The molecule has 0 saturated carbocycles. The SMILES string of the molecule is CC(C)(C)c1ccc(C(F)(F)c2ccc(SC(F)(F)C(F)(F)S(=O)(=O)O)c(C(C)(C)C)c2)cc1. The Balaban J connectivity index is 2.57. The maximum absolute atomic E-state index is 15.3. The van der Waals surface area contributed by atoms with Crippen LogP contribution in [0.5, 0.6) is 0 Å². The maximum atomic E-state index is 15.3. The van der Waals surface area contributed by atoms with Crippen molar-refractivity contribution in [1.82, 2.24) is 0 Å². The normalized spacial score (nSPS) is 14.4. The highest BCUT2D eigenvalue weighted by Crippen LogP contribution is 2.51. The van der Waals surface area contributed by atoms with Gasteiger partial charge >= 0.3 is 20.6 Å². The van der Waals surface area contributed by atoms with Crippen molar-refractivity contribution in [2.75, 3.05) is 0 Å². The van der Waals surface area contributed by atoms with E-state index in [1.54, 1.807) is 12.1 Å². The predicted octanol–water partition coefficient (Wildman–Crippen LogP) is 7.59. The third-order valence-electron chi connectivity index (χ3n) is 5.16. The lowest BCUT2D eigenvalue weighted by molar-refractivity contribution is -0.0946. The fourth-order valence-electron chi connectivity index (χ4n) is 3.09. The van der Waals surface area contributed by atoms with Crippen LogP contribution in [0.4, 0.5) is 26.3 Å². The van der Waals surface area contributed by atoms with Crippen LogP contribution in [0.25, 0.3) is 0 Å². The molecule has 0 aromatic heterocycles. The van der Waals surface area contributed by atoms with Crippen molar-refractivity contribution in [3.05, 3.63) is 64.7 Å². The van der Waals surface area contributed by atoms with Gasteiger partial charge in [-0.25, -0.2) is 0 Å². The second-order valence-corrected chi connectivity index (χ2v) is 12.6. The molecular formula is C23H26F6O3S2. The first-order valence-electron chi connectivity index (χ1n) is 10.1. The molecule has 0 aliphatic heterocycles. The van der Waals surface area contributed by atoms with Gasteiger partial charge in [0.25, 0.3) is 5.92 Å². The molecule has 0 fully saturated rings. The Kier molecular flexibility index (Phi) is 7.33. The van der Waals surface area contributed by atoms with Crippen LogP contribution in [0.15, 0.2) is 47.4 Å². The molecule has 2 aromatic rings. The topological polar surface area (TPSA) is 54.4 Å². The van der Waals surface area contributed by atoms with Gasteiger partial charge < -0.3 is 0 Å². The number of hydrogen-bond donors (Lipinski definition) is 1. The van der Waals surface area contributed by atoms with Gasteiger partial charge in [-0.05, 0) is 45.9 Å². The Bertz CT molecular complexity index is 1150. The Morgan fingerprint density at radius 1 is 0.706 bits per heavy atom. The summed E-state index contributed by atoms with van der Waals surface area (Å²) in [4.78, 5) is -0.525. The first kappa shape index (κ1) is 28.5. The molecule has 190 valence electrons. The molecule has 0 amide bonds. The summed E-state index contributed by atoms with van der Waals surface area (Å²) in [7, 11) is -6.43. The molecule has 3 nitrogen and oxygen atoms in total. The van der Waals surface area contributed by atoms with Crippen LogP contribution in [0, 0.1) is 0 Å². The molecule has 0 spiro atoms. The van der Waals surface area contributed by atoms with Crippen LogP contribution in [0.2, 0.25) is 0 Å². The van der Waals surface area contributed by atoms with Crippen LogP contribution < -0.4 is 0 Å². The fourth-order valence-corrected chi connectivity index (χ4v) is 4.84. The van der Waals surface area contributed by atoms with Crippen molar-refractivity contribution in [3.63, 3.8) is 0 Å². The van der Waals surface area contributed by atoms with Gasteiger partial charge in [0.15, 0.2) is 0 Å².